The van der Waals surface area contributed by atoms with Gasteiger partial charge < -0.3 is 10.2 Å². The van der Waals surface area contributed by atoms with Gasteiger partial charge in [-0.3, -0.25) is 9.59 Å². The van der Waals surface area contributed by atoms with Gasteiger partial charge in [-0.2, -0.15) is 11.8 Å². The number of halogens is 1. The normalized spacial score (nSPS) is 26.8. The van der Waals surface area contributed by atoms with Crippen LogP contribution in [-0.4, -0.2) is 40.1 Å². The van der Waals surface area contributed by atoms with Crippen molar-refractivity contribution in [1.82, 2.24) is 10.2 Å². The number of nitrogens with one attached hydrogen (secondary N) is 1. The molecule has 0 aliphatic carbocycles. The van der Waals surface area contributed by atoms with Crippen LogP contribution >= 0.6 is 11.8 Å². The number of benzene rings is 1. The fraction of sp³-hybridized carbons (Fsp3) is 0.500. The molecule has 2 aliphatic heterocycles. The van der Waals surface area contributed by atoms with E-state index in [0.29, 0.717) is 12.3 Å². The Labute approximate surface area is 133 Å². The van der Waals surface area contributed by atoms with Crippen molar-refractivity contribution in [2.24, 2.45) is 0 Å². The molecule has 0 unspecified atom stereocenters. The van der Waals surface area contributed by atoms with Crippen molar-refractivity contribution in [3.8, 4) is 0 Å². The van der Waals surface area contributed by atoms with E-state index >= 15 is 0 Å². The summed E-state index contributed by atoms with van der Waals surface area (Å²) in [6, 6.07) is 6.01. The number of carbonyl (C=O) groups excluding carboxylic acids is 2. The number of rotatable bonds is 3. The molecule has 2 fully saturated rings. The van der Waals surface area contributed by atoms with Crippen LogP contribution in [0.5, 0.6) is 0 Å². The van der Waals surface area contributed by atoms with E-state index in [4.69, 9.17) is 0 Å². The van der Waals surface area contributed by atoms with Crippen LogP contribution in [0.1, 0.15) is 25.8 Å². The largest absolute Gasteiger partial charge is 0.340 e. The van der Waals surface area contributed by atoms with Gasteiger partial charge in [0.1, 0.15) is 17.4 Å². The Bertz CT molecular complexity index is 603. The van der Waals surface area contributed by atoms with E-state index in [1.165, 1.54) is 12.1 Å². The molecule has 2 atom stereocenters. The zero-order valence-corrected chi connectivity index (χ0v) is 13.5. The zero-order valence-electron chi connectivity index (χ0n) is 12.6. The monoisotopic (exact) mass is 322 g/mol. The van der Waals surface area contributed by atoms with E-state index in [2.05, 4.69) is 5.32 Å². The highest BCUT2D eigenvalue weighted by Crippen LogP contribution is 2.35. The number of fused-ring (bicyclic) bond motifs is 1. The standard InChI is InChI=1S/C16H19FN2O2S/c1-16(2)15(21)19-8-7-12(13(19)14(20)18-16)22-9-10-3-5-11(17)6-4-10/h3-6,12-13H,7-9H2,1-2H3,(H,18,20)/t12-,13-/m0/s1. The van der Waals surface area contributed by atoms with Gasteiger partial charge in [0.15, 0.2) is 0 Å². The lowest BCUT2D eigenvalue weighted by molar-refractivity contribution is -0.150. The fourth-order valence-corrected chi connectivity index (χ4v) is 4.38. The van der Waals surface area contributed by atoms with Crippen LogP contribution < -0.4 is 5.32 Å². The van der Waals surface area contributed by atoms with Crippen LogP contribution in [-0.2, 0) is 15.3 Å². The van der Waals surface area contributed by atoms with Crippen LogP contribution in [0.15, 0.2) is 24.3 Å². The minimum atomic E-state index is -0.815. The van der Waals surface area contributed by atoms with E-state index in [1.807, 2.05) is 0 Å². The van der Waals surface area contributed by atoms with Gasteiger partial charge in [-0.1, -0.05) is 12.1 Å². The summed E-state index contributed by atoms with van der Waals surface area (Å²) in [5.74, 6) is 0.376. The molecule has 0 aromatic heterocycles. The first-order chi connectivity index (χ1) is 10.4. The molecule has 0 spiro atoms. The van der Waals surface area contributed by atoms with Crippen molar-refractivity contribution in [3.63, 3.8) is 0 Å². The zero-order chi connectivity index (χ0) is 15.9. The molecule has 1 aromatic rings. The molecule has 2 heterocycles. The molecule has 4 nitrogen and oxygen atoms in total. The van der Waals surface area contributed by atoms with Crippen LogP contribution in [0, 0.1) is 5.82 Å². The first kappa shape index (κ1) is 15.3. The summed E-state index contributed by atoms with van der Waals surface area (Å²) in [5.41, 5.74) is 0.206. The molecule has 6 heteroatoms. The highest BCUT2D eigenvalue weighted by atomic mass is 32.2. The van der Waals surface area contributed by atoms with E-state index in [0.717, 1.165) is 12.0 Å². The Morgan fingerprint density at radius 3 is 2.68 bits per heavy atom. The molecule has 0 radical (unpaired) electrons. The second-order valence-corrected chi connectivity index (χ2v) is 7.55. The third-order valence-corrected chi connectivity index (χ3v) is 5.64. The second-order valence-electron chi connectivity index (χ2n) is 6.32. The summed E-state index contributed by atoms with van der Waals surface area (Å²) in [6.07, 6.45) is 0.811. The topological polar surface area (TPSA) is 49.4 Å². The van der Waals surface area contributed by atoms with Gasteiger partial charge in [-0.25, -0.2) is 4.39 Å². The van der Waals surface area contributed by atoms with Crippen molar-refractivity contribution >= 4 is 23.6 Å². The molecule has 1 N–H and O–H groups in total. The molecule has 22 heavy (non-hydrogen) atoms. The molecule has 2 aliphatic rings. The maximum absolute atomic E-state index is 12.9. The predicted molar refractivity (Wildman–Crippen MR) is 83.8 cm³/mol. The highest BCUT2D eigenvalue weighted by Gasteiger charge is 2.51. The van der Waals surface area contributed by atoms with Crippen molar-refractivity contribution in [3.05, 3.63) is 35.6 Å². The second kappa shape index (κ2) is 5.57. The maximum Gasteiger partial charge on any atom is 0.248 e. The molecule has 3 rings (SSSR count). The van der Waals surface area contributed by atoms with Gasteiger partial charge in [0, 0.05) is 17.5 Å². The van der Waals surface area contributed by atoms with Gasteiger partial charge in [-0.05, 0) is 38.0 Å². The quantitative estimate of drug-likeness (QED) is 0.925. The van der Waals surface area contributed by atoms with Gasteiger partial charge >= 0.3 is 0 Å². The van der Waals surface area contributed by atoms with Gasteiger partial charge in [0.25, 0.3) is 0 Å². The minimum absolute atomic E-state index is 0.0121. The first-order valence-electron chi connectivity index (χ1n) is 7.37. The number of amides is 2. The first-order valence-corrected chi connectivity index (χ1v) is 8.42. The number of nitrogens with zero attached hydrogens (tertiary/aromatic N) is 1. The van der Waals surface area contributed by atoms with Gasteiger partial charge in [0.05, 0.1) is 0 Å². The minimum Gasteiger partial charge on any atom is -0.340 e. The third kappa shape index (κ3) is 2.72. The van der Waals surface area contributed by atoms with E-state index in [9.17, 15) is 14.0 Å². The SMILES string of the molecule is CC1(C)NC(=O)[C@@H]2[C@@H](SCc3ccc(F)cc3)CCN2C1=O. The number of carbonyl (C=O) groups is 2. The lowest BCUT2D eigenvalue weighted by Crippen LogP contribution is -2.67. The average molecular weight is 322 g/mol. The number of thioether (sulfide) groups is 1. The number of piperazine rings is 1. The summed E-state index contributed by atoms with van der Waals surface area (Å²) in [6.45, 7) is 4.10. The molecule has 118 valence electrons. The van der Waals surface area contributed by atoms with Crippen LogP contribution in [0.4, 0.5) is 4.39 Å². The van der Waals surface area contributed by atoms with Crippen LogP contribution in [0.25, 0.3) is 0 Å². The summed E-state index contributed by atoms with van der Waals surface area (Å²) in [4.78, 5) is 26.4. The highest BCUT2D eigenvalue weighted by molar-refractivity contribution is 7.99. The summed E-state index contributed by atoms with van der Waals surface area (Å²) < 4.78 is 12.9. The maximum atomic E-state index is 12.9. The molecule has 2 saturated heterocycles. The Balaban J connectivity index is 1.68. The van der Waals surface area contributed by atoms with Crippen molar-refractivity contribution in [2.45, 2.75) is 42.9 Å². The fourth-order valence-electron chi connectivity index (χ4n) is 3.06. The molecular weight excluding hydrogens is 303 g/mol. The van der Waals surface area contributed by atoms with Crippen molar-refractivity contribution in [2.75, 3.05) is 6.54 Å². The summed E-state index contributed by atoms with van der Waals surface area (Å²) >= 11 is 1.66. The van der Waals surface area contributed by atoms with Crippen LogP contribution in [0.3, 0.4) is 0 Å². The van der Waals surface area contributed by atoms with E-state index < -0.39 is 5.54 Å². The Morgan fingerprint density at radius 1 is 1.32 bits per heavy atom. The molecule has 0 saturated carbocycles. The smallest absolute Gasteiger partial charge is 0.248 e. The lowest BCUT2D eigenvalue weighted by Gasteiger charge is -2.40. The lowest BCUT2D eigenvalue weighted by atomic mass is 9.98. The molecule has 0 bridgehead atoms. The predicted octanol–water partition coefficient (Wildman–Crippen LogP) is 1.94. The number of hydrogen-bond donors (Lipinski definition) is 1. The third-order valence-electron chi connectivity index (χ3n) is 4.22. The van der Waals surface area contributed by atoms with Gasteiger partial charge in [0.2, 0.25) is 11.8 Å². The van der Waals surface area contributed by atoms with E-state index in [-0.39, 0.29) is 28.9 Å². The molecule has 2 amide bonds. The van der Waals surface area contributed by atoms with Gasteiger partial charge in [-0.15, -0.1) is 0 Å². The average Bonchev–Trinajstić information content (AvgIpc) is 2.88. The van der Waals surface area contributed by atoms with Crippen molar-refractivity contribution in [1.29, 1.82) is 0 Å². The summed E-state index contributed by atoms with van der Waals surface area (Å²) in [5, 5.41) is 2.91. The molecule has 1 aromatic carbocycles. The van der Waals surface area contributed by atoms with Crippen LogP contribution in [0.2, 0.25) is 0 Å². The number of hydrogen-bond acceptors (Lipinski definition) is 3. The Hall–Kier alpha value is -1.56. The Morgan fingerprint density at radius 2 is 2.00 bits per heavy atom. The van der Waals surface area contributed by atoms with E-state index in [1.54, 1.807) is 42.6 Å². The summed E-state index contributed by atoms with van der Waals surface area (Å²) in [7, 11) is 0. The Kier molecular flexibility index (Phi) is 3.89. The molecular formula is C16H19FN2O2S. The van der Waals surface area contributed by atoms with Crippen molar-refractivity contribution < 1.29 is 14.0 Å².